The van der Waals surface area contributed by atoms with Crippen LogP contribution >= 0.6 is 11.6 Å². The van der Waals surface area contributed by atoms with Gasteiger partial charge in [-0.3, -0.25) is 10.1 Å². The summed E-state index contributed by atoms with van der Waals surface area (Å²) in [7, 11) is 0. The first-order valence-corrected chi connectivity index (χ1v) is 8.51. The average molecular weight is 372 g/mol. The van der Waals surface area contributed by atoms with E-state index >= 15 is 0 Å². The molecule has 3 rings (SSSR count). The number of hydrogen-bond donors (Lipinski definition) is 1. The molecule has 26 heavy (non-hydrogen) atoms. The van der Waals surface area contributed by atoms with Gasteiger partial charge in [-0.05, 0) is 47.0 Å². The Balaban J connectivity index is 1.55. The van der Waals surface area contributed by atoms with Gasteiger partial charge in [0.05, 0.1) is 0 Å². The third-order valence-electron chi connectivity index (χ3n) is 3.67. The van der Waals surface area contributed by atoms with Crippen LogP contribution in [0.2, 0.25) is 5.02 Å². The summed E-state index contributed by atoms with van der Waals surface area (Å²) in [6.07, 6.45) is 0. The maximum Gasteiger partial charge on any atom is 0.270 e. The third kappa shape index (κ3) is 4.61. The molecule has 1 aromatic heterocycles. The van der Waals surface area contributed by atoms with Crippen LogP contribution in [0.15, 0.2) is 53.1 Å². The second-order valence-electron chi connectivity index (χ2n) is 5.99. The fourth-order valence-corrected chi connectivity index (χ4v) is 2.46. The van der Waals surface area contributed by atoms with Crippen LogP contribution in [-0.2, 0) is 4.79 Å². The van der Waals surface area contributed by atoms with Crippen molar-refractivity contribution in [3.05, 3.63) is 59.1 Å². The monoisotopic (exact) mass is 371 g/mol. The summed E-state index contributed by atoms with van der Waals surface area (Å²) in [5.41, 5.74) is 1.88. The van der Waals surface area contributed by atoms with Crippen molar-refractivity contribution in [3.63, 3.8) is 0 Å². The van der Waals surface area contributed by atoms with E-state index in [1.165, 1.54) is 5.56 Å². The molecule has 0 aliphatic rings. The fourth-order valence-electron chi connectivity index (χ4n) is 2.27. The first kappa shape index (κ1) is 17.9. The Labute approximate surface area is 156 Å². The molecule has 0 saturated heterocycles. The number of benzene rings is 2. The molecule has 0 fully saturated rings. The number of carbonyl (C=O) groups excluding carboxylic acids is 1. The van der Waals surface area contributed by atoms with Crippen LogP contribution in [0.25, 0.3) is 11.5 Å². The number of ether oxygens (including phenoxy) is 1. The molecular weight excluding hydrogens is 354 g/mol. The van der Waals surface area contributed by atoms with Crippen molar-refractivity contribution in [1.82, 2.24) is 10.1 Å². The van der Waals surface area contributed by atoms with Gasteiger partial charge in [0.1, 0.15) is 5.75 Å². The largest absolute Gasteiger partial charge is 0.484 e. The molecule has 1 amide bonds. The number of hydrogen-bond acceptors (Lipinski definition) is 5. The topological polar surface area (TPSA) is 77.2 Å². The van der Waals surface area contributed by atoms with Crippen LogP contribution in [-0.4, -0.2) is 22.7 Å². The van der Waals surface area contributed by atoms with Crippen molar-refractivity contribution >= 4 is 23.5 Å². The van der Waals surface area contributed by atoms with Crippen LogP contribution in [0.5, 0.6) is 5.75 Å². The summed E-state index contributed by atoms with van der Waals surface area (Å²) in [4.78, 5) is 16.1. The highest BCUT2D eigenvalue weighted by Crippen LogP contribution is 2.22. The van der Waals surface area contributed by atoms with E-state index in [0.29, 0.717) is 22.3 Å². The summed E-state index contributed by atoms with van der Waals surface area (Å²) >= 11 is 5.94. The Morgan fingerprint density at radius 3 is 2.69 bits per heavy atom. The molecular formula is C19H18ClN3O3. The molecule has 7 heteroatoms. The third-order valence-corrected chi connectivity index (χ3v) is 3.90. The normalized spacial score (nSPS) is 10.8. The zero-order chi connectivity index (χ0) is 18.5. The van der Waals surface area contributed by atoms with Crippen molar-refractivity contribution in [2.75, 3.05) is 11.9 Å². The van der Waals surface area contributed by atoms with Gasteiger partial charge in [-0.15, -0.1) is 0 Å². The molecule has 6 nitrogen and oxygen atoms in total. The standard InChI is InChI=1S/C19H18ClN3O3/c1-12(2)13-6-8-16(9-7-13)25-11-17(24)21-19-22-18(26-23-19)14-4-3-5-15(20)10-14/h3-10,12H,11H2,1-2H3,(H,21,23,24). The summed E-state index contributed by atoms with van der Waals surface area (Å²) in [6, 6.07) is 14.7. The molecule has 0 radical (unpaired) electrons. The van der Waals surface area contributed by atoms with E-state index in [9.17, 15) is 4.79 Å². The van der Waals surface area contributed by atoms with E-state index in [1.807, 2.05) is 24.3 Å². The fraction of sp³-hybridized carbons (Fsp3) is 0.211. The van der Waals surface area contributed by atoms with Crippen LogP contribution in [0.3, 0.4) is 0 Å². The lowest BCUT2D eigenvalue weighted by atomic mass is 10.0. The van der Waals surface area contributed by atoms with Gasteiger partial charge in [-0.2, -0.15) is 4.98 Å². The predicted octanol–water partition coefficient (Wildman–Crippen LogP) is 4.53. The highest BCUT2D eigenvalue weighted by atomic mass is 35.5. The van der Waals surface area contributed by atoms with Crippen molar-refractivity contribution in [2.45, 2.75) is 19.8 Å². The van der Waals surface area contributed by atoms with Gasteiger partial charge in [0.15, 0.2) is 6.61 Å². The Bertz CT molecular complexity index is 891. The van der Waals surface area contributed by atoms with E-state index in [4.69, 9.17) is 20.9 Å². The highest BCUT2D eigenvalue weighted by molar-refractivity contribution is 6.30. The molecule has 3 aromatic rings. The zero-order valence-electron chi connectivity index (χ0n) is 14.4. The second-order valence-corrected chi connectivity index (χ2v) is 6.43. The van der Waals surface area contributed by atoms with E-state index in [0.717, 1.165) is 0 Å². The summed E-state index contributed by atoms with van der Waals surface area (Å²) < 4.78 is 10.6. The lowest BCUT2D eigenvalue weighted by Gasteiger charge is -2.08. The Kier molecular flexibility index (Phi) is 5.53. The van der Waals surface area contributed by atoms with Crippen molar-refractivity contribution in [2.24, 2.45) is 0 Å². The Morgan fingerprint density at radius 2 is 2.00 bits per heavy atom. The summed E-state index contributed by atoms with van der Waals surface area (Å²) in [5, 5.41) is 6.82. The number of carbonyl (C=O) groups is 1. The SMILES string of the molecule is CC(C)c1ccc(OCC(=O)Nc2noc(-c3cccc(Cl)c3)n2)cc1. The molecule has 1 N–H and O–H groups in total. The Hall–Kier alpha value is -2.86. The number of anilines is 1. The van der Waals surface area contributed by atoms with E-state index in [-0.39, 0.29) is 24.4 Å². The predicted molar refractivity (Wildman–Crippen MR) is 99.4 cm³/mol. The van der Waals surface area contributed by atoms with E-state index < -0.39 is 0 Å². The number of rotatable bonds is 6. The maximum absolute atomic E-state index is 12.0. The van der Waals surface area contributed by atoms with Gasteiger partial charge < -0.3 is 9.26 Å². The minimum absolute atomic E-state index is 0.0729. The van der Waals surface area contributed by atoms with Crippen LogP contribution in [0.1, 0.15) is 25.3 Å². The lowest BCUT2D eigenvalue weighted by Crippen LogP contribution is -2.20. The molecule has 134 valence electrons. The zero-order valence-corrected chi connectivity index (χ0v) is 15.2. The number of nitrogens with zero attached hydrogens (tertiary/aromatic N) is 2. The molecule has 0 spiro atoms. The average Bonchev–Trinajstić information content (AvgIpc) is 3.09. The maximum atomic E-state index is 12.0. The molecule has 0 unspecified atom stereocenters. The lowest BCUT2D eigenvalue weighted by molar-refractivity contribution is -0.118. The molecule has 2 aromatic carbocycles. The van der Waals surface area contributed by atoms with Gasteiger partial charge in [0.2, 0.25) is 0 Å². The second kappa shape index (κ2) is 8.01. The van der Waals surface area contributed by atoms with E-state index in [1.54, 1.807) is 24.3 Å². The number of amides is 1. The molecule has 0 saturated carbocycles. The van der Waals surface area contributed by atoms with Gasteiger partial charge >= 0.3 is 0 Å². The molecule has 0 aliphatic carbocycles. The summed E-state index contributed by atoms with van der Waals surface area (Å²) in [6.45, 7) is 4.08. The van der Waals surface area contributed by atoms with Crippen molar-refractivity contribution in [3.8, 4) is 17.2 Å². The minimum Gasteiger partial charge on any atom is -0.484 e. The van der Waals surface area contributed by atoms with Gasteiger partial charge in [0.25, 0.3) is 17.7 Å². The smallest absolute Gasteiger partial charge is 0.270 e. The van der Waals surface area contributed by atoms with Gasteiger partial charge in [-0.1, -0.05) is 43.6 Å². The molecule has 0 aliphatic heterocycles. The first-order valence-electron chi connectivity index (χ1n) is 8.13. The Morgan fingerprint density at radius 1 is 1.23 bits per heavy atom. The quantitative estimate of drug-likeness (QED) is 0.688. The minimum atomic E-state index is -0.378. The molecule has 1 heterocycles. The number of aromatic nitrogens is 2. The van der Waals surface area contributed by atoms with Crippen molar-refractivity contribution < 1.29 is 14.1 Å². The van der Waals surface area contributed by atoms with Crippen LogP contribution in [0.4, 0.5) is 5.95 Å². The highest BCUT2D eigenvalue weighted by Gasteiger charge is 2.12. The summed E-state index contributed by atoms with van der Waals surface area (Å²) in [5.74, 6) is 1.03. The van der Waals surface area contributed by atoms with Crippen molar-refractivity contribution in [1.29, 1.82) is 0 Å². The number of halogens is 1. The first-order chi connectivity index (χ1) is 12.5. The van der Waals surface area contributed by atoms with E-state index in [2.05, 4.69) is 29.3 Å². The molecule has 0 bridgehead atoms. The number of nitrogens with one attached hydrogen (secondary N) is 1. The van der Waals surface area contributed by atoms with Gasteiger partial charge in [0, 0.05) is 10.6 Å². The van der Waals surface area contributed by atoms with Gasteiger partial charge in [-0.25, -0.2) is 0 Å². The van der Waals surface area contributed by atoms with Crippen LogP contribution in [0, 0.1) is 0 Å². The van der Waals surface area contributed by atoms with Crippen LogP contribution < -0.4 is 10.1 Å². The molecule has 0 atom stereocenters.